The van der Waals surface area contributed by atoms with Gasteiger partial charge >= 0.3 is 0 Å². The molecule has 0 aromatic carbocycles. The molecule has 0 saturated carbocycles. The van der Waals surface area contributed by atoms with Crippen LogP contribution in [0.1, 0.15) is 18.2 Å². The lowest BCUT2D eigenvalue weighted by Crippen LogP contribution is -2.23. The van der Waals surface area contributed by atoms with Crippen molar-refractivity contribution in [2.45, 2.75) is 13.5 Å². The molecule has 0 atom stereocenters. The summed E-state index contributed by atoms with van der Waals surface area (Å²) < 4.78 is 5.20. The standard InChI is InChI=1S/C11H18N4O2/c1-2-17-7-6-13-8-9-4-3-5-14-10(9)11(12)15-16/h3-5,13,16H,2,6-8H2,1H3,(H2,12,15). The van der Waals surface area contributed by atoms with Gasteiger partial charge < -0.3 is 21.0 Å². The van der Waals surface area contributed by atoms with Crippen LogP contribution in [-0.4, -0.2) is 35.8 Å². The molecule has 6 nitrogen and oxygen atoms in total. The van der Waals surface area contributed by atoms with Crippen LogP contribution in [0.25, 0.3) is 0 Å². The minimum absolute atomic E-state index is 0.0206. The molecule has 0 bridgehead atoms. The van der Waals surface area contributed by atoms with Gasteiger partial charge in [-0.25, -0.2) is 0 Å². The van der Waals surface area contributed by atoms with Gasteiger partial charge in [-0.05, 0) is 18.6 Å². The summed E-state index contributed by atoms with van der Waals surface area (Å²) in [5.74, 6) is 0.0206. The number of nitrogens with zero attached hydrogens (tertiary/aromatic N) is 2. The zero-order valence-electron chi connectivity index (χ0n) is 9.89. The highest BCUT2D eigenvalue weighted by molar-refractivity contribution is 5.96. The summed E-state index contributed by atoms with van der Waals surface area (Å²) in [6, 6.07) is 3.70. The van der Waals surface area contributed by atoms with E-state index >= 15 is 0 Å². The van der Waals surface area contributed by atoms with E-state index in [1.165, 1.54) is 0 Å². The van der Waals surface area contributed by atoms with Crippen LogP contribution < -0.4 is 11.1 Å². The molecule has 1 heterocycles. The molecular weight excluding hydrogens is 220 g/mol. The van der Waals surface area contributed by atoms with Crippen LogP contribution in [0.3, 0.4) is 0 Å². The molecule has 6 heteroatoms. The zero-order chi connectivity index (χ0) is 12.5. The number of ether oxygens (including phenoxy) is 1. The van der Waals surface area contributed by atoms with Gasteiger partial charge in [-0.1, -0.05) is 11.2 Å². The number of oxime groups is 1. The smallest absolute Gasteiger partial charge is 0.189 e. The van der Waals surface area contributed by atoms with E-state index in [9.17, 15) is 0 Å². The molecule has 0 aliphatic rings. The lowest BCUT2D eigenvalue weighted by atomic mass is 10.2. The molecule has 1 aromatic rings. The van der Waals surface area contributed by atoms with E-state index in [0.29, 0.717) is 25.5 Å². The number of rotatable bonds is 7. The molecule has 0 saturated heterocycles. The Morgan fingerprint density at radius 2 is 2.47 bits per heavy atom. The number of nitrogens with two attached hydrogens (primary N) is 1. The minimum atomic E-state index is 0.0206. The summed E-state index contributed by atoms with van der Waals surface area (Å²) in [5.41, 5.74) is 6.92. The number of amidine groups is 1. The van der Waals surface area contributed by atoms with Gasteiger partial charge in [0.1, 0.15) is 5.69 Å². The van der Waals surface area contributed by atoms with E-state index in [1.807, 2.05) is 19.1 Å². The topological polar surface area (TPSA) is 92.8 Å². The third-order valence-electron chi connectivity index (χ3n) is 2.18. The van der Waals surface area contributed by atoms with Gasteiger partial charge in [0.05, 0.1) is 6.61 Å². The molecule has 0 fully saturated rings. The second kappa shape index (κ2) is 7.59. The van der Waals surface area contributed by atoms with Crippen LogP contribution in [0, 0.1) is 0 Å². The molecule has 1 rings (SSSR count). The Labute approximate surface area is 100 Å². The summed E-state index contributed by atoms with van der Waals surface area (Å²) in [6.07, 6.45) is 1.61. The fourth-order valence-corrected chi connectivity index (χ4v) is 1.37. The first-order valence-electron chi connectivity index (χ1n) is 5.49. The van der Waals surface area contributed by atoms with E-state index in [2.05, 4.69) is 15.5 Å². The van der Waals surface area contributed by atoms with Crippen molar-refractivity contribution in [3.63, 3.8) is 0 Å². The second-order valence-corrected chi connectivity index (χ2v) is 3.37. The molecule has 0 radical (unpaired) electrons. The van der Waals surface area contributed by atoms with Gasteiger partial charge in [-0.2, -0.15) is 0 Å². The Morgan fingerprint density at radius 3 is 3.18 bits per heavy atom. The van der Waals surface area contributed by atoms with Crippen LogP contribution in [0.4, 0.5) is 0 Å². The molecular formula is C11H18N4O2. The highest BCUT2D eigenvalue weighted by Crippen LogP contribution is 2.04. The monoisotopic (exact) mass is 238 g/mol. The fourth-order valence-electron chi connectivity index (χ4n) is 1.37. The van der Waals surface area contributed by atoms with E-state index in [-0.39, 0.29) is 5.84 Å². The van der Waals surface area contributed by atoms with Crippen molar-refractivity contribution in [3.8, 4) is 0 Å². The molecule has 0 aliphatic carbocycles. The first-order valence-corrected chi connectivity index (χ1v) is 5.49. The Bertz CT molecular complexity index is 368. The maximum atomic E-state index is 8.64. The predicted octanol–water partition coefficient (Wildman–Crippen LogP) is 0.302. The van der Waals surface area contributed by atoms with Crippen molar-refractivity contribution >= 4 is 5.84 Å². The third kappa shape index (κ3) is 4.38. The van der Waals surface area contributed by atoms with Crippen molar-refractivity contribution in [2.75, 3.05) is 19.8 Å². The lowest BCUT2D eigenvalue weighted by molar-refractivity contribution is 0.149. The summed E-state index contributed by atoms with van der Waals surface area (Å²) in [7, 11) is 0. The van der Waals surface area contributed by atoms with Crippen molar-refractivity contribution in [1.82, 2.24) is 10.3 Å². The maximum Gasteiger partial charge on any atom is 0.189 e. The molecule has 94 valence electrons. The Hall–Kier alpha value is -1.66. The molecule has 0 aliphatic heterocycles. The van der Waals surface area contributed by atoms with Crippen LogP contribution >= 0.6 is 0 Å². The molecule has 1 aromatic heterocycles. The fraction of sp³-hybridized carbons (Fsp3) is 0.455. The Balaban J connectivity index is 2.53. The van der Waals surface area contributed by atoms with Gasteiger partial charge in [-0.3, -0.25) is 4.98 Å². The minimum Gasteiger partial charge on any atom is -0.409 e. The van der Waals surface area contributed by atoms with Crippen LogP contribution in [-0.2, 0) is 11.3 Å². The highest BCUT2D eigenvalue weighted by Gasteiger charge is 2.07. The second-order valence-electron chi connectivity index (χ2n) is 3.37. The van der Waals surface area contributed by atoms with Gasteiger partial charge in [0, 0.05) is 25.9 Å². The maximum absolute atomic E-state index is 8.64. The third-order valence-corrected chi connectivity index (χ3v) is 2.18. The summed E-state index contributed by atoms with van der Waals surface area (Å²) in [4.78, 5) is 4.08. The molecule has 17 heavy (non-hydrogen) atoms. The number of hydrogen-bond donors (Lipinski definition) is 3. The van der Waals surface area contributed by atoms with Gasteiger partial charge in [0.25, 0.3) is 0 Å². The first kappa shape index (κ1) is 13.4. The van der Waals surface area contributed by atoms with E-state index in [4.69, 9.17) is 15.7 Å². The number of pyridine rings is 1. The van der Waals surface area contributed by atoms with Gasteiger partial charge in [0.2, 0.25) is 0 Å². The van der Waals surface area contributed by atoms with Crippen molar-refractivity contribution in [1.29, 1.82) is 0 Å². The quantitative estimate of drug-likeness (QED) is 0.209. The van der Waals surface area contributed by atoms with Gasteiger partial charge in [0.15, 0.2) is 5.84 Å². The number of nitrogens with one attached hydrogen (secondary N) is 1. The molecule has 4 N–H and O–H groups in total. The predicted molar refractivity (Wildman–Crippen MR) is 64.9 cm³/mol. The summed E-state index contributed by atoms with van der Waals surface area (Å²) in [5, 5.41) is 14.8. The largest absolute Gasteiger partial charge is 0.409 e. The summed E-state index contributed by atoms with van der Waals surface area (Å²) in [6.45, 7) is 4.68. The van der Waals surface area contributed by atoms with Crippen molar-refractivity contribution < 1.29 is 9.94 Å². The highest BCUT2D eigenvalue weighted by atomic mass is 16.5. The molecule has 0 unspecified atom stereocenters. The number of hydrogen-bond acceptors (Lipinski definition) is 5. The van der Waals surface area contributed by atoms with Crippen LogP contribution in [0.15, 0.2) is 23.5 Å². The SMILES string of the molecule is CCOCCNCc1cccnc1C(N)=NO. The van der Waals surface area contributed by atoms with Crippen LogP contribution in [0.2, 0.25) is 0 Å². The van der Waals surface area contributed by atoms with E-state index in [1.54, 1.807) is 6.20 Å². The Kier molecular flexibility index (Phi) is 5.98. The zero-order valence-corrected chi connectivity index (χ0v) is 9.89. The normalized spacial score (nSPS) is 11.7. The molecule has 0 spiro atoms. The Morgan fingerprint density at radius 1 is 1.65 bits per heavy atom. The molecule has 0 amide bonds. The first-order chi connectivity index (χ1) is 8.29. The van der Waals surface area contributed by atoms with Crippen molar-refractivity contribution in [3.05, 3.63) is 29.6 Å². The van der Waals surface area contributed by atoms with Crippen molar-refractivity contribution in [2.24, 2.45) is 10.9 Å². The van der Waals surface area contributed by atoms with Crippen LogP contribution in [0.5, 0.6) is 0 Å². The van der Waals surface area contributed by atoms with Gasteiger partial charge in [-0.15, -0.1) is 0 Å². The summed E-state index contributed by atoms with van der Waals surface area (Å²) >= 11 is 0. The number of aromatic nitrogens is 1. The van der Waals surface area contributed by atoms with E-state index < -0.39 is 0 Å². The average molecular weight is 238 g/mol. The van der Waals surface area contributed by atoms with E-state index in [0.717, 1.165) is 12.1 Å². The lowest BCUT2D eigenvalue weighted by Gasteiger charge is -2.08. The average Bonchev–Trinajstić information content (AvgIpc) is 2.38.